The highest BCUT2D eigenvalue weighted by molar-refractivity contribution is 5.36. The molecule has 1 aliphatic rings. The number of piperidine rings is 1. The fourth-order valence-corrected chi connectivity index (χ4v) is 2.87. The Hall–Kier alpha value is -1.36. The lowest BCUT2D eigenvalue weighted by Crippen LogP contribution is -2.41. The Kier molecular flexibility index (Phi) is 5.79. The molecule has 0 radical (unpaired) electrons. The number of hydrogen-bond donors (Lipinski definition) is 1. The molecule has 0 unspecified atom stereocenters. The van der Waals surface area contributed by atoms with Crippen LogP contribution in [0.4, 0.5) is 5.82 Å². The smallest absolute Gasteiger partial charge is 0.293 e. The van der Waals surface area contributed by atoms with Gasteiger partial charge in [0, 0.05) is 31.5 Å². The Morgan fingerprint density at radius 3 is 2.71 bits per heavy atom. The SMILES string of the molecule is CCCNCC1CCN(c2nccn(C(C)C)c2=O)CC1. The van der Waals surface area contributed by atoms with E-state index < -0.39 is 0 Å². The largest absolute Gasteiger partial charge is 0.352 e. The van der Waals surface area contributed by atoms with Crippen LogP contribution in [0.15, 0.2) is 17.2 Å². The van der Waals surface area contributed by atoms with Crippen molar-refractivity contribution in [3.8, 4) is 0 Å². The summed E-state index contributed by atoms with van der Waals surface area (Å²) in [5.74, 6) is 1.34. The Labute approximate surface area is 127 Å². The van der Waals surface area contributed by atoms with E-state index >= 15 is 0 Å². The van der Waals surface area contributed by atoms with Gasteiger partial charge in [0.25, 0.3) is 5.56 Å². The van der Waals surface area contributed by atoms with Crippen LogP contribution >= 0.6 is 0 Å². The molecule has 0 saturated carbocycles. The molecule has 0 amide bonds. The van der Waals surface area contributed by atoms with Crippen molar-refractivity contribution in [1.29, 1.82) is 0 Å². The molecule has 2 heterocycles. The second kappa shape index (κ2) is 7.59. The Morgan fingerprint density at radius 2 is 2.10 bits per heavy atom. The molecule has 0 aliphatic carbocycles. The minimum atomic E-state index is 0.0371. The van der Waals surface area contributed by atoms with E-state index in [1.54, 1.807) is 17.0 Å². The molecular formula is C16H28N4O. The van der Waals surface area contributed by atoms with E-state index in [0.29, 0.717) is 5.82 Å². The predicted octanol–water partition coefficient (Wildman–Crippen LogP) is 2.04. The van der Waals surface area contributed by atoms with Gasteiger partial charge >= 0.3 is 0 Å². The van der Waals surface area contributed by atoms with E-state index in [4.69, 9.17) is 0 Å². The van der Waals surface area contributed by atoms with Crippen LogP contribution in [-0.4, -0.2) is 35.7 Å². The number of nitrogens with one attached hydrogen (secondary N) is 1. The van der Waals surface area contributed by atoms with Crippen molar-refractivity contribution < 1.29 is 0 Å². The average Bonchev–Trinajstić information content (AvgIpc) is 2.48. The molecule has 1 fully saturated rings. The summed E-state index contributed by atoms with van der Waals surface area (Å²) < 4.78 is 1.76. The summed E-state index contributed by atoms with van der Waals surface area (Å²) in [6.45, 7) is 10.3. The number of nitrogens with zero attached hydrogens (tertiary/aromatic N) is 3. The van der Waals surface area contributed by atoms with Crippen LogP contribution in [0.2, 0.25) is 0 Å². The monoisotopic (exact) mass is 292 g/mol. The number of aromatic nitrogens is 2. The summed E-state index contributed by atoms with van der Waals surface area (Å²) in [5, 5.41) is 3.49. The maximum Gasteiger partial charge on any atom is 0.293 e. The first-order valence-corrected chi connectivity index (χ1v) is 8.16. The van der Waals surface area contributed by atoms with Gasteiger partial charge in [-0.2, -0.15) is 0 Å². The quantitative estimate of drug-likeness (QED) is 0.815. The molecule has 1 aliphatic heterocycles. The van der Waals surface area contributed by atoms with Gasteiger partial charge in [-0.05, 0) is 52.1 Å². The summed E-state index contributed by atoms with van der Waals surface area (Å²) in [5.41, 5.74) is 0.0371. The van der Waals surface area contributed by atoms with Crippen molar-refractivity contribution in [3.05, 3.63) is 22.7 Å². The van der Waals surface area contributed by atoms with Crippen LogP contribution in [0.3, 0.4) is 0 Å². The average molecular weight is 292 g/mol. The topological polar surface area (TPSA) is 50.2 Å². The fourth-order valence-electron chi connectivity index (χ4n) is 2.87. The third-order valence-electron chi connectivity index (χ3n) is 4.18. The molecule has 0 atom stereocenters. The van der Waals surface area contributed by atoms with Gasteiger partial charge in [0.15, 0.2) is 5.82 Å². The van der Waals surface area contributed by atoms with Crippen LogP contribution < -0.4 is 15.8 Å². The molecule has 0 bridgehead atoms. The lowest BCUT2D eigenvalue weighted by Gasteiger charge is -2.32. The van der Waals surface area contributed by atoms with Crippen LogP contribution in [-0.2, 0) is 0 Å². The highest BCUT2D eigenvalue weighted by Gasteiger charge is 2.22. The van der Waals surface area contributed by atoms with E-state index in [1.165, 1.54) is 6.42 Å². The summed E-state index contributed by atoms with van der Waals surface area (Å²) in [7, 11) is 0. The molecule has 1 saturated heterocycles. The van der Waals surface area contributed by atoms with Crippen molar-refractivity contribution >= 4 is 5.82 Å². The predicted molar refractivity (Wildman–Crippen MR) is 87.0 cm³/mol. The lowest BCUT2D eigenvalue weighted by molar-refractivity contribution is 0.381. The number of anilines is 1. The van der Waals surface area contributed by atoms with Gasteiger partial charge < -0.3 is 14.8 Å². The van der Waals surface area contributed by atoms with Gasteiger partial charge in [-0.3, -0.25) is 4.79 Å². The Balaban J connectivity index is 1.96. The molecular weight excluding hydrogens is 264 g/mol. The summed E-state index contributed by atoms with van der Waals surface area (Å²) in [6.07, 6.45) is 6.97. The van der Waals surface area contributed by atoms with Crippen LogP contribution in [0.1, 0.15) is 46.1 Å². The Morgan fingerprint density at radius 1 is 1.38 bits per heavy atom. The zero-order chi connectivity index (χ0) is 15.2. The van der Waals surface area contributed by atoms with Crippen LogP contribution in [0.5, 0.6) is 0 Å². The van der Waals surface area contributed by atoms with E-state index in [0.717, 1.165) is 44.9 Å². The van der Waals surface area contributed by atoms with Gasteiger partial charge in [-0.1, -0.05) is 6.92 Å². The highest BCUT2D eigenvalue weighted by Crippen LogP contribution is 2.19. The Bertz CT molecular complexity index is 489. The van der Waals surface area contributed by atoms with Crippen molar-refractivity contribution in [2.75, 3.05) is 31.1 Å². The second-order valence-electron chi connectivity index (χ2n) is 6.19. The minimum absolute atomic E-state index is 0.0371. The van der Waals surface area contributed by atoms with Gasteiger partial charge in [0.05, 0.1) is 0 Å². The molecule has 118 valence electrons. The van der Waals surface area contributed by atoms with Crippen LogP contribution in [0.25, 0.3) is 0 Å². The molecule has 1 aromatic heterocycles. The lowest BCUT2D eigenvalue weighted by atomic mass is 9.97. The summed E-state index contributed by atoms with van der Waals surface area (Å²) >= 11 is 0. The maximum absolute atomic E-state index is 12.4. The molecule has 1 aromatic rings. The van der Waals surface area contributed by atoms with E-state index in [-0.39, 0.29) is 11.6 Å². The molecule has 21 heavy (non-hydrogen) atoms. The van der Waals surface area contributed by atoms with Crippen molar-refractivity contribution in [2.24, 2.45) is 5.92 Å². The third kappa shape index (κ3) is 4.06. The van der Waals surface area contributed by atoms with Gasteiger partial charge in [0.2, 0.25) is 0 Å². The zero-order valence-electron chi connectivity index (χ0n) is 13.5. The normalized spacial score (nSPS) is 16.7. The number of hydrogen-bond acceptors (Lipinski definition) is 4. The first-order valence-electron chi connectivity index (χ1n) is 8.16. The third-order valence-corrected chi connectivity index (χ3v) is 4.18. The molecule has 2 rings (SSSR count). The zero-order valence-corrected chi connectivity index (χ0v) is 13.5. The van der Waals surface area contributed by atoms with E-state index in [1.807, 2.05) is 13.8 Å². The second-order valence-corrected chi connectivity index (χ2v) is 6.19. The molecule has 5 nitrogen and oxygen atoms in total. The minimum Gasteiger partial charge on any atom is -0.352 e. The standard InChI is InChI=1S/C16H28N4O/c1-4-7-17-12-14-5-9-19(10-6-14)15-16(21)20(13(2)3)11-8-18-15/h8,11,13-14,17H,4-7,9-10,12H2,1-3H3. The highest BCUT2D eigenvalue weighted by atomic mass is 16.1. The first kappa shape index (κ1) is 16.0. The van der Waals surface area contributed by atoms with Crippen molar-refractivity contribution in [2.45, 2.75) is 46.1 Å². The summed E-state index contributed by atoms with van der Waals surface area (Å²) in [6, 6.07) is 0.176. The van der Waals surface area contributed by atoms with Gasteiger partial charge in [-0.15, -0.1) is 0 Å². The van der Waals surface area contributed by atoms with Crippen molar-refractivity contribution in [3.63, 3.8) is 0 Å². The van der Waals surface area contributed by atoms with Crippen LogP contribution in [0, 0.1) is 5.92 Å². The molecule has 5 heteroatoms. The van der Waals surface area contributed by atoms with Crippen molar-refractivity contribution in [1.82, 2.24) is 14.9 Å². The molecule has 0 aromatic carbocycles. The van der Waals surface area contributed by atoms with Gasteiger partial charge in [0.1, 0.15) is 0 Å². The summed E-state index contributed by atoms with van der Waals surface area (Å²) in [4.78, 5) is 18.9. The van der Waals surface area contributed by atoms with E-state index in [2.05, 4.69) is 22.1 Å². The fraction of sp³-hybridized carbons (Fsp3) is 0.750. The molecule has 0 spiro atoms. The molecule has 1 N–H and O–H groups in total. The maximum atomic E-state index is 12.4. The van der Waals surface area contributed by atoms with E-state index in [9.17, 15) is 4.79 Å². The first-order chi connectivity index (χ1) is 10.1. The van der Waals surface area contributed by atoms with Gasteiger partial charge in [-0.25, -0.2) is 4.98 Å². The number of rotatable bonds is 6.